The lowest BCUT2D eigenvalue weighted by Gasteiger charge is -2.20. The number of rotatable bonds is 5. The molecule has 0 unspecified atom stereocenters. The normalized spacial score (nSPS) is 18.5. The van der Waals surface area contributed by atoms with E-state index in [9.17, 15) is 0 Å². The topological polar surface area (TPSA) is 71.7 Å². The van der Waals surface area contributed by atoms with Gasteiger partial charge in [0.25, 0.3) is 0 Å². The van der Waals surface area contributed by atoms with Crippen LogP contribution in [0.2, 0.25) is 0 Å². The van der Waals surface area contributed by atoms with E-state index in [1.54, 1.807) is 7.11 Å². The largest absolute Gasteiger partial charge is 0.383 e. The standard InChI is InChI=1S/C11H24N4O/c1-16-8-7-13-11(15-12)14-9-10-5-3-2-4-6-10/h10H,2-9,12H2,1H3,(H2,13,14,15). The van der Waals surface area contributed by atoms with Crippen LogP contribution in [0.1, 0.15) is 32.1 Å². The molecule has 5 nitrogen and oxygen atoms in total. The van der Waals surface area contributed by atoms with Gasteiger partial charge in [-0.05, 0) is 18.8 Å². The molecule has 0 amide bonds. The number of hydrazine groups is 1. The lowest BCUT2D eigenvalue weighted by Crippen LogP contribution is -2.43. The van der Waals surface area contributed by atoms with Gasteiger partial charge in [0.1, 0.15) is 0 Å². The van der Waals surface area contributed by atoms with E-state index in [1.807, 2.05) is 0 Å². The highest BCUT2D eigenvalue weighted by molar-refractivity contribution is 5.79. The molecule has 1 fully saturated rings. The van der Waals surface area contributed by atoms with Crippen LogP contribution >= 0.6 is 0 Å². The summed E-state index contributed by atoms with van der Waals surface area (Å²) in [5.74, 6) is 6.79. The first-order chi connectivity index (χ1) is 7.86. The van der Waals surface area contributed by atoms with Gasteiger partial charge in [-0.3, -0.25) is 10.4 Å². The molecule has 0 aromatic carbocycles. The van der Waals surface area contributed by atoms with Gasteiger partial charge in [-0.15, -0.1) is 0 Å². The number of aliphatic imine (C=N–C) groups is 1. The zero-order chi connectivity index (χ0) is 11.6. The first kappa shape index (κ1) is 13.3. The van der Waals surface area contributed by atoms with Gasteiger partial charge >= 0.3 is 0 Å². The van der Waals surface area contributed by atoms with Gasteiger partial charge in [0.15, 0.2) is 0 Å². The van der Waals surface area contributed by atoms with Crippen molar-refractivity contribution in [2.45, 2.75) is 32.1 Å². The molecule has 1 aliphatic carbocycles. The third-order valence-corrected chi connectivity index (χ3v) is 2.97. The van der Waals surface area contributed by atoms with Crippen LogP contribution in [0, 0.1) is 5.92 Å². The summed E-state index contributed by atoms with van der Waals surface area (Å²) in [4.78, 5) is 4.45. The van der Waals surface area contributed by atoms with Crippen LogP contribution in [-0.4, -0.2) is 32.8 Å². The minimum atomic E-state index is 0.657. The Morgan fingerprint density at radius 2 is 2.12 bits per heavy atom. The van der Waals surface area contributed by atoms with Crippen LogP contribution < -0.4 is 16.6 Å². The van der Waals surface area contributed by atoms with Crippen molar-refractivity contribution in [2.75, 3.05) is 26.8 Å². The summed E-state index contributed by atoms with van der Waals surface area (Å²) in [6, 6.07) is 0. The van der Waals surface area contributed by atoms with Crippen molar-refractivity contribution in [3.63, 3.8) is 0 Å². The first-order valence-corrected chi connectivity index (χ1v) is 6.10. The highest BCUT2D eigenvalue weighted by Gasteiger charge is 2.12. The number of nitrogens with one attached hydrogen (secondary N) is 2. The Morgan fingerprint density at radius 1 is 1.38 bits per heavy atom. The SMILES string of the molecule is COCCNC(=NCC1CCCCC1)NN. The maximum Gasteiger partial charge on any atom is 0.205 e. The molecule has 0 atom stereocenters. The van der Waals surface area contributed by atoms with E-state index in [0.717, 1.165) is 19.0 Å². The predicted octanol–water partition coefficient (Wildman–Crippen LogP) is 0.622. The minimum absolute atomic E-state index is 0.657. The smallest absolute Gasteiger partial charge is 0.205 e. The van der Waals surface area contributed by atoms with E-state index in [-0.39, 0.29) is 0 Å². The second-order valence-electron chi connectivity index (χ2n) is 4.26. The average Bonchev–Trinajstić information content (AvgIpc) is 2.35. The van der Waals surface area contributed by atoms with Gasteiger partial charge in [-0.25, -0.2) is 5.84 Å². The zero-order valence-corrected chi connectivity index (χ0v) is 10.2. The van der Waals surface area contributed by atoms with Gasteiger partial charge in [0.05, 0.1) is 6.61 Å². The summed E-state index contributed by atoms with van der Waals surface area (Å²) in [6.45, 7) is 2.26. The fourth-order valence-electron chi connectivity index (χ4n) is 2.01. The molecule has 0 aliphatic heterocycles. The molecule has 1 rings (SSSR count). The molecular weight excluding hydrogens is 204 g/mol. The summed E-state index contributed by atoms with van der Waals surface area (Å²) >= 11 is 0. The summed E-state index contributed by atoms with van der Waals surface area (Å²) in [6.07, 6.45) is 6.69. The van der Waals surface area contributed by atoms with Crippen molar-refractivity contribution in [3.8, 4) is 0 Å². The maximum absolute atomic E-state index is 5.39. The van der Waals surface area contributed by atoms with Crippen molar-refractivity contribution in [2.24, 2.45) is 16.8 Å². The predicted molar refractivity (Wildman–Crippen MR) is 66.1 cm³/mol. The highest BCUT2D eigenvalue weighted by atomic mass is 16.5. The van der Waals surface area contributed by atoms with Gasteiger partial charge in [-0.1, -0.05) is 19.3 Å². The summed E-state index contributed by atoms with van der Waals surface area (Å²) in [5, 5.41) is 3.10. The van der Waals surface area contributed by atoms with Crippen molar-refractivity contribution < 1.29 is 4.74 Å². The summed E-state index contributed by atoms with van der Waals surface area (Å²) in [5.41, 5.74) is 2.58. The molecule has 1 aliphatic rings. The molecule has 0 saturated heterocycles. The van der Waals surface area contributed by atoms with E-state index < -0.39 is 0 Å². The van der Waals surface area contributed by atoms with Crippen LogP contribution in [0.5, 0.6) is 0 Å². The number of ether oxygens (including phenoxy) is 1. The summed E-state index contributed by atoms with van der Waals surface area (Å²) in [7, 11) is 1.68. The third-order valence-electron chi connectivity index (χ3n) is 2.97. The van der Waals surface area contributed by atoms with E-state index in [4.69, 9.17) is 10.6 Å². The van der Waals surface area contributed by atoms with E-state index in [0.29, 0.717) is 12.6 Å². The molecular formula is C11H24N4O. The monoisotopic (exact) mass is 228 g/mol. The lowest BCUT2D eigenvalue weighted by molar-refractivity contribution is 0.203. The van der Waals surface area contributed by atoms with Gasteiger partial charge < -0.3 is 10.1 Å². The third kappa shape index (κ3) is 5.32. The van der Waals surface area contributed by atoms with Crippen molar-refractivity contribution in [1.82, 2.24) is 10.7 Å². The van der Waals surface area contributed by atoms with Crippen LogP contribution in [0.4, 0.5) is 0 Å². The Kier molecular flexibility index (Phi) is 6.92. The molecule has 0 aromatic heterocycles. The number of guanidine groups is 1. The fourth-order valence-corrected chi connectivity index (χ4v) is 2.01. The maximum atomic E-state index is 5.39. The van der Waals surface area contributed by atoms with Crippen LogP contribution in [0.15, 0.2) is 4.99 Å². The molecule has 16 heavy (non-hydrogen) atoms. The molecule has 4 N–H and O–H groups in total. The van der Waals surface area contributed by atoms with Crippen LogP contribution in [-0.2, 0) is 4.74 Å². The Labute approximate surface area is 97.8 Å². The van der Waals surface area contributed by atoms with Crippen LogP contribution in [0.25, 0.3) is 0 Å². The number of nitrogens with two attached hydrogens (primary N) is 1. The molecule has 0 spiro atoms. The number of hydrogen-bond donors (Lipinski definition) is 3. The fraction of sp³-hybridized carbons (Fsp3) is 0.909. The van der Waals surface area contributed by atoms with Crippen molar-refractivity contribution in [1.29, 1.82) is 0 Å². The minimum Gasteiger partial charge on any atom is -0.383 e. The Hall–Kier alpha value is -0.810. The molecule has 1 saturated carbocycles. The Morgan fingerprint density at radius 3 is 2.75 bits per heavy atom. The van der Waals surface area contributed by atoms with Crippen LogP contribution in [0.3, 0.4) is 0 Å². The second-order valence-corrected chi connectivity index (χ2v) is 4.26. The summed E-state index contributed by atoms with van der Waals surface area (Å²) < 4.78 is 4.95. The van der Waals surface area contributed by atoms with Gasteiger partial charge in [0.2, 0.25) is 5.96 Å². The second kappa shape index (κ2) is 8.35. The van der Waals surface area contributed by atoms with E-state index in [2.05, 4.69) is 15.7 Å². The Balaban J connectivity index is 2.22. The first-order valence-electron chi connectivity index (χ1n) is 6.10. The molecule has 0 heterocycles. The van der Waals surface area contributed by atoms with Crippen molar-refractivity contribution in [3.05, 3.63) is 0 Å². The van der Waals surface area contributed by atoms with Crippen molar-refractivity contribution >= 4 is 5.96 Å². The van der Waals surface area contributed by atoms with Gasteiger partial charge in [0, 0.05) is 20.2 Å². The van der Waals surface area contributed by atoms with E-state index >= 15 is 0 Å². The molecule has 94 valence electrons. The molecule has 0 radical (unpaired) electrons. The van der Waals surface area contributed by atoms with Gasteiger partial charge in [-0.2, -0.15) is 0 Å². The lowest BCUT2D eigenvalue weighted by atomic mass is 9.89. The number of methoxy groups -OCH3 is 1. The number of nitrogens with zero attached hydrogens (tertiary/aromatic N) is 1. The zero-order valence-electron chi connectivity index (χ0n) is 10.2. The Bertz CT molecular complexity index is 202. The number of hydrogen-bond acceptors (Lipinski definition) is 3. The molecule has 0 aromatic rings. The van der Waals surface area contributed by atoms with E-state index in [1.165, 1.54) is 32.1 Å². The quantitative estimate of drug-likeness (QED) is 0.212. The molecule has 5 heteroatoms. The molecule has 0 bridgehead atoms. The highest BCUT2D eigenvalue weighted by Crippen LogP contribution is 2.23. The average molecular weight is 228 g/mol.